The van der Waals surface area contributed by atoms with Gasteiger partial charge in [-0.1, -0.05) is 45.4 Å². The number of piperidine rings is 1. The van der Waals surface area contributed by atoms with E-state index in [0.717, 1.165) is 36.9 Å². The van der Waals surface area contributed by atoms with Gasteiger partial charge in [-0.2, -0.15) is 0 Å². The molecule has 0 unspecified atom stereocenters. The fourth-order valence-corrected chi connectivity index (χ4v) is 3.23. The Balaban J connectivity index is 1.88. The van der Waals surface area contributed by atoms with Gasteiger partial charge in [-0.15, -0.1) is 0 Å². The molecule has 0 aromatic heterocycles. The number of benzene rings is 1. The van der Waals surface area contributed by atoms with Gasteiger partial charge in [0.15, 0.2) is 0 Å². The summed E-state index contributed by atoms with van der Waals surface area (Å²) in [5.41, 5.74) is 2.08. The van der Waals surface area contributed by atoms with Crippen molar-refractivity contribution in [2.24, 2.45) is 5.92 Å². The number of hydrogen-bond acceptors (Lipinski definition) is 2. The molecule has 0 bridgehead atoms. The predicted octanol–water partition coefficient (Wildman–Crippen LogP) is 4.18. The smallest absolute Gasteiger partial charge is 0.227 e. The highest BCUT2D eigenvalue weighted by Crippen LogP contribution is 2.26. The number of anilines is 1. The Morgan fingerprint density at radius 2 is 1.88 bits per heavy atom. The Bertz CT molecular complexity index is 561. The number of unbranched alkanes of at least 4 members (excludes halogenated alkanes) is 1. The first-order valence-electron chi connectivity index (χ1n) is 9.20. The average Bonchev–Trinajstić information content (AvgIpc) is 2.60. The molecule has 1 fully saturated rings. The van der Waals surface area contributed by atoms with Crippen LogP contribution in [-0.2, 0) is 9.59 Å². The molecule has 0 aliphatic carbocycles. The van der Waals surface area contributed by atoms with Crippen molar-refractivity contribution in [1.82, 2.24) is 4.90 Å². The molecule has 1 N–H and O–H groups in total. The fourth-order valence-electron chi connectivity index (χ4n) is 3.23. The first-order chi connectivity index (χ1) is 11.5. The van der Waals surface area contributed by atoms with Crippen molar-refractivity contribution >= 4 is 17.5 Å². The van der Waals surface area contributed by atoms with Crippen LogP contribution in [-0.4, -0.2) is 29.8 Å². The van der Waals surface area contributed by atoms with E-state index in [9.17, 15) is 9.59 Å². The first-order valence-corrected chi connectivity index (χ1v) is 9.20. The molecular formula is C20H30N2O2. The van der Waals surface area contributed by atoms with Gasteiger partial charge in [0, 0.05) is 31.1 Å². The van der Waals surface area contributed by atoms with E-state index >= 15 is 0 Å². The number of hydrogen-bond donors (Lipinski definition) is 1. The molecule has 1 aliphatic heterocycles. The maximum absolute atomic E-state index is 12.6. The van der Waals surface area contributed by atoms with E-state index in [4.69, 9.17) is 0 Å². The maximum Gasteiger partial charge on any atom is 0.227 e. The highest BCUT2D eigenvalue weighted by molar-refractivity contribution is 5.93. The maximum atomic E-state index is 12.6. The number of amides is 2. The molecule has 1 heterocycles. The van der Waals surface area contributed by atoms with Crippen molar-refractivity contribution in [2.45, 2.75) is 58.8 Å². The Morgan fingerprint density at radius 1 is 1.21 bits per heavy atom. The van der Waals surface area contributed by atoms with E-state index in [1.54, 1.807) is 0 Å². The lowest BCUT2D eigenvalue weighted by atomic mass is 9.94. The molecule has 0 atom stereocenters. The third-order valence-corrected chi connectivity index (χ3v) is 4.80. The standard InChI is InChI=1S/C20H30N2O2/c1-4-5-10-19(23)22-13-11-16(12-14-22)20(24)21-18-9-7-6-8-17(18)15(2)3/h6-9,15-16H,4-5,10-14H2,1-3H3,(H,21,24). The summed E-state index contributed by atoms with van der Waals surface area (Å²) in [5, 5.41) is 3.10. The number of carbonyl (C=O) groups excluding carboxylic acids is 2. The number of nitrogens with one attached hydrogen (secondary N) is 1. The zero-order valence-corrected chi connectivity index (χ0v) is 15.2. The van der Waals surface area contributed by atoms with Crippen molar-refractivity contribution in [3.05, 3.63) is 29.8 Å². The lowest BCUT2D eigenvalue weighted by molar-refractivity contribution is -0.134. The van der Waals surface area contributed by atoms with Gasteiger partial charge in [-0.05, 0) is 36.8 Å². The Morgan fingerprint density at radius 3 is 2.50 bits per heavy atom. The second-order valence-electron chi connectivity index (χ2n) is 6.99. The predicted molar refractivity (Wildman–Crippen MR) is 98.0 cm³/mol. The van der Waals surface area contributed by atoms with Gasteiger partial charge in [0.05, 0.1) is 0 Å². The van der Waals surface area contributed by atoms with Crippen molar-refractivity contribution in [3.8, 4) is 0 Å². The second-order valence-corrected chi connectivity index (χ2v) is 6.99. The van der Waals surface area contributed by atoms with Crippen LogP contribution in [0.25, 0.3) is 0 Å². The molecule has 1 saturated heterocycles. The van der Waals surface area contributed by atoms with Crippen LogP contribution >= 0.6 is 0 Å². The minimum absolute atomic E-state index is 0.000411. The Kier molecular flexibility index (Phi) is 6.83. The summed E-state index contributed by atoms with van der Waals surface area (Å²) in [6.45, 7) is 7.76. The van der Waals surface area contributed by atoms with E-state index < -0.39 is 0 Å². The number of nitrogens with zero attached hydrogens (tertiary/aromatic N) is 1. The van der Waals surface area contributed by atoms with Gasteiger partial charge in [-0.25, -0.2) is 0 Å². The molecule has 4 nitrogen and oxygen atoms in total. The molecule has 1 aliphatic rings. The van der Waals surface area contributed by atoms with Gasteiger partial charge in [-0.3, -0.25) is 9.59 Å². The molecule has 2 amide bonds. The lowest BCUT2D eigenvalue weighted by Gasteiger charge is -2.31. The van der Waals surface area contributed by atoms with Crippen LogP contribution < -0.4 is 5.32 Å². The van der Waals surface area contributed by atoms with E-state index in [1.165, 1.54) is 0 Å². The van der Waals surface area contributed by atoms with Gasteiger partial charge in [0.2, 0.25) is 11.8 Å². The molecular weight excluding hydrogens is 300 g/mol. The highest BCUT2D eigenvalue weighted by Gasteiger charge is 2.27. The van der Waals surface area contributed by atoms with E-state index in [1.807, 2.05) is 23.1 Å². The topological polar surface area (TPSA) is 49.4 Å². The van der Waals surface area contributed by atoms with Crippen molar-refractivity contribution < 1.29 is 9.59 Å². The SMILES string of the molecule is CCCCC(=O)N1CCC(C(=O)Nc2ccccc2C(C)C)CC1. The van der Waals surface area contributed by atoms with E-state index in [-0.39, 0.29) is 17.7 Å². The molecule has 1 aromatic rings. The zero-order valence-electron chi connectivity index (χ0n) is 15.2. The Labute approximate surface area is 145 Å². The van der Waals surface area contributed by atoms with Crippen LogP contribution in [0.5, 0.6) is 0 Å². The lowest BCUT2D eigenvalue weighted by Crippen LogP contribution is -2.41. The average molecular weight is 330 g/mol. The normalized spacial score (nSPS) is 15.6. The third-order valence-electron chi connectivity index (χ3n) is 4.80. The molecule has 24 heavy (non-hydrogen) atoms. The van der Waals surface area contributed by atoms with Crippen molar-refractivity contribution in [3.63, 3.8) is 0 Å². The number of likely N-dealkylation sites (tertiary alicyclic amines) is 1. The van der Waals surface area contributed by atoms with Crippen molar-refractivity contribution in [2.75, 3.05) is 18.4 Å². The molecule has 0 radical (unpaired) electrons. The molecule has 132 valence electrons. The minimum Gasteiger partial charge on any atom is -0.343 e. The molecule has 2 rings (SSSR count). The number of rotatable bonds is 6. The summed E-state index contributed by atoms with van der Waals surface area (Å²) in [5.74, 6) is 0.699. The summed E-state index contributed by atoms with van der Waals surface area (Å²) >= 11 is 0. The van der Waals surface area contributed by atoms with E-state index in [2.05, 4.69) is 32.2 Å². The second kappa shape index (κ2) is 8.86. The van der Waals surface area contributed by atoms with Crippen LogP contribution in [0, 0.1) is 5.92 Å². The third kappa shape index (κ3) is 4.83. The van der Waals surface area contributed by atoms with Gasteiger partial charge >= 0.3 is 0 Å². The van der Waals surface area contributed by atoms with Crippen LogP contribution in [0.15, 0.2) is 24.3 Å². The zero-order chi connectivity index (χ0) is 17.5. The highest BCUT2D eigenvalue weighted by atomic mass is 16.2. The first kappa shape index (κ1) is 18.5. The minimum atomic E-state index is 0.000411. The number of para-hydroxylation sites is 1. The number of carbonyl (C=O) groups is 2. The quantitative estimate of drug-likeness (QED) is 0.851. The molecule has 1 aromatic carbocycles. The summed E-state index contributed by atoms with van der Waals surface area (Å²) in [6, 6.07) is 7.99. The van der Waals surface area contributed by atoms with Crippen molar-refractivity contribution in [1.29, 1.82) is 0 Å². The Hall–Kier alpha value is -1.84. The van der Waals surface area contributed by atoms with Gasteiger partial charge in [0.25, 0.3) is 0 Å². The molecule has 4 heteroatoms. The van der Waals surface area contributed by atoms with Gasteiger partial charge < -0.3 is 10.2 Å². The summed E-state index contributed by atoms with van der Waals surface area (Å²) in [7, 11) is 0. The largest absolute Gasteiger partial charge is 0.343 e. The monoisotopic (exact) mass is 330 g/mol. The van der Waals surface area contributed by atoms with Crippen LogP contribution in [0.3, 0.4) is 0 Å². The van der Waals surface area contributed by atoms with E-state index in [0.29, 0.717) is 25.4 Å². The van der Waals surface area contributed by atoms with Crippen LogP contribution in [0.1, 0.15) is 64.4 Å². The molecule has 0 spiro atoms. The van der Waals surface area contributed by atoms with Crippen LogP contribution in [0.4, 0.5) is 5.69 Å². The van der Waals surface area contributed by atoms with Gasteiger partial charge in [0.1, 0.15) is 0 Å². The molecule has 0 saturated carbocycles. The fraction of sp³-hybridized carbons (Fsp3) is 0.600. The summed E-state index contributed by atoms with van der Waals surface area (Å²) < 4.78 is 0. The summed E-state index contributed by atoms with van der Waals surface area (Å²) in [4.78, 5) is 26.6. The summed E-state index contributed by atoms with van der Waals surface area (Å²) in [6.07, 6.45) is 4.14. The van der Waals surface area contributed by atoms with Crippen LogP contribution in [0.2, 0.25) is 0 Å².